The summed E-state index contributed by atoms with van der Waals surface area (Å²) < 4.78 is 10.5. The quantitative estimate of drug-likeness (QED) is 0.548. The van der Waals surface area contributed by atoms with Gasteiger partial charge in [-0.15, -0.1) is 0 Å². The number of aliphatic hydroxyl groups excluding tert-OH is 1. The smallest absolute Gasteiger partial charge is 0.410 e. The first-order chi connectivity index (χ1) is 11.8. The fourth-order valence-corrected chi connectivity index (χ4v) is 2.31. The van der Waals surface area contributed by atoms with E-state index in [2.05, 4.69) is 15.6 Å². The van der Waals surface area contributed by atoms with Crippen LogP contribution in [0.1, 0.15) is 39.6 Å². The van der Waals surface area contributed by atoms with Crippen LogP contribution in [0.5, 0.6) is 0 Å². The van der Waals surface area contributed by atoms with Gasteiger partial charge in [-0.1, -0.05) is 0 Å². The number of likely N-dealkylation sites (tertiary alicyclic amines) is 1. The molecule has 2 rings (SSSR count). The van der Waals surface area contributed by atoms with Gasteiger partial charge < -0.3 is 29.8 Å². The lowest BCUT2D eigenvalue weighted by atomic mass is 10.1. The Morgan fingerprint density at radius 1 is 1.52 bits per heavy atom. The number of nitrogens with one attached hydrogen (secondary N) is 2. The minimum absolute atomic E-state index is 0.103. The van der Waals surface area contributed by atoms with Gasteiger partial charge >= 0.3 is 6.09 Å². The van der Waals surface area contributed by atoms with Gasteiger partial charge in [-0.05, 0) is 39.8 Å². The van der Waals surface area contributed by atoms with Crippen LogP contribution in [0.15, 0.2) is 27.8 Å². The van der Waals surface area contributed by atoms with Crippen LogP contribution >= 0.6 is 0 Å². The Kier molecular flexibility index (Phi) is 6.30. The van der Waals surface area contributed by atoms with Crippen molar-refractivity contribution in [2.45, 2.75) is 45.4 Å². The van der Waals surface area contributed by atoms with Crippen molar-refractivity contribution in [1.82, 2.24) is 15.5 Å². The van der Waals surface area contributed by atoms with Crippen LogP contribution < -0.4 is 10.6 Å². The van der Waals surface area contributed by atoms with E-state index in [9.17, 15) is 9.90 Å². The van der Waals surface area contributed by atoms with Crippen LogP contribution in [0.2, 0.25) is 0 Å². The standard InChI is InChI=1S/C17H28N4O4/c1-5-18-15(19-9-13(22)14-7-6-8-24-14)20-12-10-21(11-12)16(23)25-17(2,3)4/h6-8,12-13,22H,5,9-11H2,1-4H3,(H2,18,19,20). The first kappa shape index (κ1) is 19.1. The maximum atomic E-state index is 11.9. The Balaban J connectivity index is 1.80. The molecule has 0 bridgehead atoms. The molecular weight excluding hydrogens is 324 g/mol. The van der Waals surface area contributed by atoms with Crippen molar-refractivity contribution in [3.63, 3.8) is 0 Å². The van der Waals surface area contributed by atoms with Gasteiger partial charge in [0.1, 0.15) is 17.5 Å². The molecule has 1 amide bonds. The summed E-state index contributed by atoms with van der Waals surface area (Å²) >= 11 is 0. The zero-order valence-corrected chi connectivity index (χ0v) is 15.3. The SMILES string of the molecule is CCNC(=NCC(O)c1ccco1)NC1CN(C(=O)OC(C)(C)C)C1. The third kappa shape index (κ3) is 5.97. The summed E-state index contributed by atoms with van der Waals surface area (Å²) in [6, 6.07) is 3.54. The number of carbonyl (C=O) groups is 1. The average Bonchev–Trinajstić information content (AvgIpc) is 2.99. The molecule has 0 aromatic carbocycles. The largest absolute Gasteiger partial charge is 0.467 e. The molecule has 8 heteroatoms. The second-order valence-corrected chi connectivity index (χ2v) is 6.98. The van der Waals surface area contributed by atoms with Crippen LogP contribution in [0.3, 0.4) is 0 Å². The van der Waals surface area contributed by atoms with Crippen molar-refractivity contribution in [1.29, 1.82) is 0 Å². The minimum Gasteiger partial charge on any atom is -0.467 e. The molecule has 1 atom stereocenters. The summed E-state index contributed by atoms with van der Waals surface area (Å²) in [6.45, 7) is 9.51. The van der Waals surface area contributed by atoms with Crippen LogP contribution in [-0.4, -0.2) is 59.9 Å². The number of aliphatic imine (C=N–C) groups is 1. The highest BCUT2D eigenvalue weighted by Gasteiger charge is 2.34. The van der Waals surface area contributed by atoms with Crippen LogP contribution in [0.4, 0.5) is 4.79 Å². The van der Waals surface area contributed by atoms with E-state index in [0.717, 1.165) is 0 Å². The normalized spacial score (nSPS) is 17.0. The van der Waals surface area contributed by atoms with E-state index in [1.807, 2.05) is 27.7 Å². The molecule has 25 heavy (non-hydrogen) atoms. The third-order valence-electron chi connectivity index (χ3n) is 3.51. The number of hydrogen-bond donors (Lipinski definition) is 3. The van der Waals surface area contributed by atoms with Crippen LogP contribution in [0.25, 0.3) is 0 Å². The first-order valence-corrected chi connectivity index (χ1v) is 8.52. The average molecular weight is 352 g/mol. The maximum Gasteiger partial charge on any atom is 0.410 e. The van der Waals surface area contributed by atoms with E-state index in [1.54, 1.807) is 17.0 Å². The van der Waals surface area contributed by atoms with E-state index < -0.39 is 11.7 Å². The molecule has 1 aliphatic rings. The lowest BCUT2D eigenvalue weighted by molar-refractivity contribution is 0.00700. The van der Waals surface area contributed by atoms with Gasteiger partial charge in [0.25, 0.3) is 0 Å². The molecular formula is C17H28N4O4. The van der Waals surface area contributed by atoms with Gasteiger partial charge in [0, 0.05) is 19.6 Å². The van der Waals surface area contributed by atoms with Crippen LogP contribution in [0, 0.1) is 0 Å². The Morgan fingerprint density at radius 3 is 2.80 bits per heavy atom. The zero-order chi connectivity index (χ0) is 18.4. The van der Waals surface area contributed by atoms with Crippen molar-refractivity contribution in [2.24, 2.45) is 4.99 Å². The van der Waals surface area contributed by atoms with Gasteiger partial charge in [-0.2, -0.15) is 0 Å². The van der Waals surface area contributed by atoms with Crippen molar-refractivity contribution < 1.29 is 19.1 Å². The zero-order valence-electron chi connectivity index (χ0n) is 15.3. The summed E-state index contributed by atoms with van der Waals surface area (Å²) in [5, 5.41) is 16.4. The molecule has 1 fully saturated rings. The monoisotopic (exact) mass is 352 g/mol. The van der Waals surface area contributed by atoms with Crippen molar-refractivity contribution in [2.75, 3.05) is 26.2 Å². The van der Waals surface area contributed by atoms with Crippen molar-refractivity contribution >= 4 is 12.1 Å². The van der Waals surface area contributed by atoms with Crippen molar-refractivity contribution in [3.05, 3.63) is 24.2 Å². The molecule has 0 spiro atoms. The van der Waals surface area contributed by atoms with Gasteiger partial charge in [0.15, 0.2) is 5.96 Å². The summed E-state index contributed by atoms with van der Waals surface area (Å²) in [4.78, 5) is 17.9. The number of ether oxygens (including phenoxy) is 1. The highest BCUT2D eigenvalue weighted by atomic mass is 16.6. The van der Waals surface area contributed by atoms with E-state index in [0.29, 0.717) is 31.4 Å². The number of guanidine groups is 1. The van der Waals surface area contributed by atoms with Gasteiger partial charge in [0.2, 0.25) is 0 Å². The second-order valence-electron chi connectivity index (χ2n) is 6.98. The van der Waals surface area contributed by atoms with Gasteiger partial charge in [-0.3, -0.25) is 4.99 Å². The number of aliphatic hydroxyl groups is 1. The molecule has 1 saturated heterocycles. The summed E-state index contributed by atoms with van der Waals surface area (Å²) in [5.41, 5.74) is -0.492. The fourth-order valence-electron chi connectivity index (χ4n) is 2.31. The molecule has 0 radical (unpaired) electrons. The summed E-state index contributed by atoms with van der Waals surface area (Å²) in [7, 11) is 0. The first-order valence-electron chi connectivity index (χ1n) is 8.52. The number of rotatable bonds is 5. The summed E-state index contributed by atoms with van der Waals surface area (Å²) in [6.07, 6.45) is 0.427. The highest BCUT2D eigenvalue weighted by molar-refractivity contribution is 5.80. The number of nitrogens with zero attached hydrogens (tertiary/aromatic N) is 2. The fraction of sp³-hybridized carbons (Fsp3) is 0.647. The topological polar surface area (TPSA) is 99.3 Å². The minimum atomic E-state index is -0.787. The van der Waals surface area contributed by atoms with E-state index in [4.69, 9.17) is 9.15 Å². The molecule has 0 aliphatic carbocycles. The Hall–Kier alpha value is -2.22. The molecule has 1 unspecified atom stereocenters. The Labute approximate surface area is 148 Å². The molecule has 1 aliphatic heterocycles. The molecule has 1 aromatic rings. The predicted octanol–water partition coefficient (Wildman–Crippen LogP) is 1.49. The van der Waals surface area contributed by atoms with Crippen molar-refractivity contribution in [3.8, 4) is 0 Å². The molecule has 2 heterocycles. The summed E-state index contributed by atoms with van der Waals surface area (Å²) in [5.74, 6) is 1.08. The second kappa shape index (κ2) is 8.24. The van der Waals surface area contributed by atoms with E-state index >= 15 is 0 Å². The number of carbonyl (C=O) groups excluding carboxylic acids is 1. The number of amides is 1. The molecule has 8 nitrogen and oxygen atoms in total. The Morgan fingerprint density at radius 2 is 2.24 bits per heavy atom. The third-order valence-corrected chi connectivity index (χ3v) is 3.51. The lowest BCUT2D eigenvalue weighted by Crippen LogP contribution is -2.63. The molecule has 1 aromatic heterocycles. The highest BCUT2D eigenvalue weighted by Crippen LogP contribution is 2.15. The predicted molar refractivity (Wildman–Crippen MR) is 94.4 cm³/mol. The Bertz CT molecular complexity index is 574. The van der Waals surface area contributed by atoms with Gasteiger partial charge in [0.05, 0.1) is 18.8 Å². The van der Waals surface area contributed by atoms with Gasteiger partial charge in [-0.25, -0.2) is 4.79 Å². The maximum absolute atomic E-state index is 11.9. The molecule has 0 saturated carbocycles. The molecule has 3 N–H and O–H groups in total. The van der Waals surface area contributed by atoms with E-state index in [1.165, 1.54) is 6.26 Å². The van der Waals surface area contributed by atoms with Crippen LogP contribution in [-0.2, 0) is 4.74 Å². The van der Waals surface area contributed by atoms with E-state index in [-0.39, 0.29) is 18.7 Å². The number of hydrogen-bond acceptors (Lipinski definition) is 5. The lowest BCUT2D eigenvalue weighted by Gasteiger charge is -2.40. The molecule has 140 valence electrons. The number of furan rings is 1.